The molecule has 1 amide bonds. The average Bonchev–Trinajstić information content (AvgIpc) is 3.34. The van der Waals surface area contributed by atoms with Crippen LogP contribution in [0, 0.1) is 0 Å². The minimum atomic E-state index is -0.0131. The molecule has 6 heteroatoms. The van der Waals surface area contributed by atoms with Crippen molar-refractivity contribution in [3.05, 3.63) is 78.3 Å². The molecule has 0 spiro atoms. The van der Waals surface area contributed by atoms with Crippen LogP contribution in [0.4, 0.5) is 0 Å². The number of carbonyl (C=O) groups is 1. The summed E-state index contributed by atoms with van der Waals surface area (Å²) in [7, 11) is 0. The van der Waals surface area contributed by atoms with Crippen molar-refractivity contribution in [2.24, 2.45) is 5.73 Å². The number of hydrogen-bond acceptors (Lipinski definition) is 4. The van der Waals surface area contributed by atoms with E-state index < -0.39 is 0 Å². The van der Waals surface area contributed by atoms with Gasteiger partial charge in [-0.05, 0) is 30.2 Å². The lowest BCUT2D eigenvalue weighted by atomic mass is 10.1. The number of hydrogen-bond donors (Lipinski definition) is 1. The summed E-state index contributed by atoms with van der Waals surface area (Å²) in [4.78, 5) is 18.4. The Bertz CT molecular complexity index is 965. The summed E-state index contributed by atoms with van der Waals surface area (Å²) in [6, 6.07) is 14.1. The van der Waals surface area contributed by atoms with Crippen molar-refractivity contribution in [3.63, 3.8) is 0 Å². The first-order valence-electron chi connectivity index (χ1n) is 9.43. The van der Waals surface area contributed by atoms with Crippen LogP contribution in [-0.4, -0.2) is 44.7 Å². The molecule has 1 aliphatic rings. The molecule has 6 nitrogen and oxygen atoms in total. The molecule has 1 aliphatic heterocycles. The maximum absolute atomic E-state index is 12.5. The molecule has 1 atom stereocenters. The molecule has 0 aliphatic carbocycles. The van der Waals surface area contributed by atoms with E-state index in [1.165, 1.54) is 5.56 Å². The summed E-state index contributed by atoms with van der Waals surface area (Å²) in [6.45, 7) is 2.00. The van der Waals surface area contributed by atoms with Crippen LogP contribution >= 0.6 is 0 Å². The van der Waals surface area contributed by atoms with Gasteiger partial charge >= 0.3 is 0 Å². The number of aromatic nitrogens is 3. The molecule has 0 saturated carbocycles. The largest absolute Gasteiger partial charge is 0.338 e. The number of nitrogens with zero attached hydrogens (tertiary/aromatic N) is 4. The van der Waals surface area contributed by atoms with Gasteiger partial charge in [-0.25, -0.2) is 0 Å². The van der Waals surface area contributed by atoms with Gasteiger partial charge in [-0.2, -0.15) is 5.10 Å². The van der Waals surface area contributed by atoms with Crippen molar-refractivity contribution in [3.8, 4) is 11.3 Å². The van der Waals surface area contributed by atoms with Crippen LogP contribution in [0.5, 0.6) is 0 Å². The Morgan fingerprint density at radius 2 is 2.07 bits per heavy atom. The van der Waals surface area contributed by atoms with Crippen molar-refractivity contribution in [2.75, 3.05) is 13.1 Å². The minimum absolute atomic E-state index is 0.0131. The van der Waals surface area contributed by atoms with E-state index in [-0.39, 0.29) is 11.9 Å². The first-order valence-corrected chi connectivity index (χ1v) is 9.43. The molecular formula is C22H23N5O. The number of carbonyl (C=O) groups excluding carboxylic acids is 1. The molecule has 28 heavy (non-hydrogen) atoms. The van der Waals surface area contributed by atoms with Gasteiger partial charge in [0.15, 0.2) is 0 Å². The predicted molar refractivity (Wildman–Crippen MR) is 109 cm³/mol. The first kappa shape index (κ1) is 18.1. The molecule has 2 N–H and O–H groups in total. The second-order valence-electron chi connectivity index (χ2n) is 7.02. The minimum Gasteiger partial charge on any atom is -0.338 e. The first-order chi connectivity index (χ1) is 13.7. The van der Waals surface area contributed by atoms with Crippen molar-refractivity contribution in [1.29, 1.82) is 0 Å². The lowest BCUT2D eigenvalue weighted by Gasteiger charge is -2.12. The SMILES string of the molecule is N[C@@H]1CCN(C(=O)C=Cc2cn(Cc3ccccc3)nc2-c2cccnc2)C1. The summed E-state index contributed by atoms with van der Waals surface area (Å²) < 4.78 is 1.90. The van der Waals surface area contributed by atoms with Gasteiger partial charge in [-0.3, -0.25) is 14.5 Å². The van der Waals surface area contributed by atoms with Crippen molar-refractivity contribution < 1.29 is 4.79 Å². The van der Waals surface area contributed by atoms with Crippen molar-refractivity contribution in [2.45, 2.75) is 19.0 Å². The second kappa shape index (κ2) is 8.19. The van der Waals surface area contributed by atoms with Crippen LogP contribution in [0.3, 0.4) is 0 Å². The Labute approximate surface area is 164 Å². The number of benzene rings is 1. The lowest BCUT2D eigenvalue weighted by Crippen LogP contribution is -2.30. The van der Waals surface area contributed by atoms with Gasteiger partial charge in [0.1, 0.15) is 5.69 Å². The maximum atomic E-state index is 12.5. The van der Waals surface area contributed by atoms with Crippen molar-refractivity contribution in [1.82, 2.24) is 19.7 Å². The molecule has 2 aromatic heterocycles. The van der Waals surface area contributed by atoms with E-state index in [1.807, 2.05) is 47.3 Å². The van der Waals surface area contributed by atoms with E-state index in [0.717, 1.165) is 23.2 Å². The van der Waals surface area contributed by atoms with Gasteiger partial charge < -0.3 is 10.6 Å². The monoisotopic (exact) mass is 373 g/mol. The fourth-order valence-corrected chi connectivity index (χ4v) is 3.39. The number of rotatable bonds is 5. The predicted octanol–water partition coefficient (Wildman–Crippen LogP) is 2.57. The van der Waals surface area contributed by atoms with Crippen molar-refractivity contribution >= 4 is 12.0 Å². The Hall–Kier alpha value is -3.25. The van der Waals surface area contributed by atoms with Gasteiger partial charge in [0.2, 0.25) is 5.91 Å². The summed E-state index contributed by atoms with van der Waals surface area (Å²) in [6.07, 6.45) is 9.79. The van der Waals surface area contributed by atoms with E-state index in [2.05, 4.69) is 17.1 Å². The summed E-state index contributed by atoms with van der Waals surface area (Å²) in [5.41, 5.74) is 9.70. The standard InChI is InChI=1S/C22H23N5O/c23-20-10-12-26(16-20)21(28)9-8-19-15-27(14-17-5-2-1-3-6-17)25-22(19)18-7-4-11-24-13-18/h1-9,11,13,15,20H,10,12,14,16,23H2/t20-/m1/s1. The summed E-state index contributed by atoms with van der Waals surface area (Å²) in [5, 5.41) is 4.74. The highest BCUT2D eigenvalue weighted by atomic mass is 16.2. The second-order valence-corrected chi connectivity index (χ2v) is 7.02. The zero-order valence-corrected chi connectivity index (χ0v) is 15.6. The number of amides is 1. The third kappa shape index (κ3) is 4.18. The lowest BCUT2D eigenvalue weighted by molar-refractivity contribution is -0.124. The molecule has 1 fully saturated rings. The third-order valence-corrected chi connectivity index (χ3v) is 4.85. The quantitative estimate of drug-likeness (QED) is 0.698. The highest BCUT2D eigenvalue weighted by molar-refractivity contribution is 5.93. The van der Waals surface area contributed by atoms with Gasteiger partial charge in [0.25, 0.3) is 0 Å². The van der Waals surface area contributed by atoms with E-state index in [9.17, 15) is 4.79 Å². The topological polar surface area (TPSA) is 77.0 Å². The van der Waals surface area contributed by atoms with Crippen LogP contribution in [0.15, 0.2) is 67.1 Å². The molecule has 0 radical (unpaired) electrons. The average molecular weight is 373 g/mol. The Morgan fingerprint density at radius 3 is 2.79 bits per heavy atom. The highest BCUT2D eigenvalue weighted by Crippen LogP contribution is 2.23. The van der Waals surface area contributed by atoms with Gasteiger partial charge in [0, 0.05) is 54.9 Å². The van der Waals surface area contributed by atoms with E-state index in [1.54, 1.807) is 23.4 Å². The molecule has 4 rings (SSSR count). The highest BCUT2D eigenvalue weighted by Gasteiger charge is 2.22. The fourth-order valence-electron chi connectivity index (χ4n) is 3.39. The molecule has 1 saturated heterocycles. The zero-order chi connectivity index (χ0) is 19.3. The van der Waals surface area contributed by atoms with E-state index in [0.29, 0.717) is 19.6 Å². The van der Waals surface area contributed by atoms with Gasteiger partial charge in [-0.15, -0.1) is 0 Å². The molecule has 1 aromatic carbocycles. The van der Waals surface area contributed by atoms with Crippen LogP contribution in [0.1, 0.15) is 17.5 Å². The van der Waals surface area contributed by atoms with Crippen LogP contribution < -0.4 is 5.73 Å². The summed E-state index contributed by atoms with van der Waals surface area (Å²) in [5.74, 6) is -0.0131. The smallest absolute Gasteiger partial charge is 0.246 e. The Kier molecular flexibility index (Phi) is 5.30. The number of nitrogens with two attached hydrogens (primary N) is 1. The number of pyridine rings is 1. The van der Waals surface area contributed by atoms with Crippen LogP contribution in [0.25, 0.3) is 17.3 Å². The van der Waals surface area contributed by atoms with Gasteiger partial charge in [-0.1, -0.05) is 30.3 Å². The number of likely N-dealkylation sites (tertiary alicyclic amines) is 1. The molecule has 3 heterocycles. The molecule has 0 bridgehead atoms. The summed E-state index contributed by atoms with van der Waals surface area (Å²) >= 11 is 0. The molecule has 3 aromatic rings. The Morgan fingerprint density at radius 1 is 1.21 bits per heavy atom. The molecular weight excluding hydrogens is 350 g/mol. The van der Waals surface area contributed by atoms with E-state index >= 15 is 0 Å². The maximum Gasteiger partial charge on any atom is 0.246 e. The normalized spacial score (nSPS) is 16.8. The Balaban J connectivity index is 1.61. The zero-order valence-electron chi connectivity index (χ0n) is 15.6. The molecule has 142 valence electrons. The third-order valence-electron chi connectivity index (χ3n) is 4.85. The van der Waals surface area contributed by atoms with Crippen LogP contribution in [-0.2, 0) is 11.3 Å². The van der Waals surface area contributed by atoms with Crippen LogP contribution in [0.2, 0.25) is 0 Å². The van der Waals surface area contributed by atoms with E-state index in [4.69, 9.17) is 10.8 Å². The molecule has 0 unspecified atom stereocenters. The van der Waals surface area contributed by atoms with Gasteiger partial charge in [0.05, 0.1) is 6.54 Å². The fraction of sp³-hybridized carbons (Fsp3) is 0.227.